The van der Waals surface area contributed by atoms with Gasteiger partial charge in [0.15, 0.2) is 5.82 Å². The van der Waals surface area contributed by atoms with Crippen molar-refractivity contribution >= 4 is 12.0 Å². The summed E-state index contributed by atoms with van der Waals surface area (Å²) in [6.07, 6.45) is 4.23. The van der Waals surface area contributed by atoms with Crippen molar-refractivity contribution in [2.45, 2.75) is 38.1 Å². The van der Waals surface area contributed by atoms with Crippen molar-refractivity contribution in [3.05, 3.63) is 11.7 Å². The maximum absolute atomic E-state index is 12.3. The van der Waals surface area contributed by atoms with Gasteiger partial charge in [0.2, 0.25) is 5.89 Å². The first-order valence-corrected chi connectivity index (χ1v) is 9.76. The molecule has 2 amide bonds. The number of ether oxygens (including phenoxy) is 3. The molecule has 1 N–H and O–H groups in total. The van der Waals surface area contributed by atoms with E-state index in [1.807, 2.05) is 0 Å². The highest BCUT2D eigenvalue weighted by Crippen LogP contribution is 2.30. The number of hydrogen-bond acceptors (Lipinski definition) is 8. The van der Waals surface area contributed by atoms with E-state index in [4.69, 9.17) is 14.0 Å². The quantitative estimate of drug-likeness (QED) is 0.512. The molecule has 156 valence electrons. The van der Waals surface area contributed by atoms with E-state index in [0.717, 1.165) is 45.5 Å². The number of amides is 2. The largest absolute Gasteiger partial charge is 0.468 e. The number of aromatic nitrogens is 2. The van der Waals surface area contributed by atoms with Gasteiger partial charge in [-0.1, -0.05) is 5.16 Å². The van der Waals surface area contributed by atoms with Crippen molar-refractivity contribution in [3.63, 3.8) is 0 Å². The van der Waals surface area contributed by atoms with Crippen LogP contribution in [0.3, 0.4) is 0 Å². The predicted octanol–water partition coefficient (Wildman–Crippen LogP) is 1.07. The van der Waals surface area contributed by atoms with E-state index in [9.17, 15) is 9.59 Å². The molecule has 1 atom stereocenters. The first-order chi connectivity index (χ1) is 13.7. The van der Waals surface area contributed by atoms with E-state index < -0.39 is 5.97 Å². The first-order valence-electron chi connectivity index (χ1n) is 9.76. The lowest BCUT2D eigenvalue weighted by molar-refractivity contribution is -0.139. The van der Waals surface area contributed by atoms with Gasteiger partial charge in [0.1, 0.15) is 12.6 Å². The van der Waals surface area contributed by atoms with Gasteiger partial charge in [0, 0.05) is 32.8 Å². The van der Waals surface area contributed by atoms with E-state index >= 15 is 0 Å². The molecular formula is C18H28N4O6. The molecule has 28 heavy (non-hydrogen) atoms. The standard InChI is InChI=1S/C18H28N4O6/c1-25-16(23)11-19-18(24)22-7-2-3-14(22)17-20-15(21-28-17)6-10-27-12-13-4-8-26-9-5-13/h13-14H,2-12H2,1H3,(H,19,24). The summed E-state index contributed by atoms with van der Waals surface area (Å²) in [4.78, 5) is 29.5. The van der Waals surface area contributed by atoms with E-state index in [1.54, 1.807) is 4.90 Å². The molecule has 2 aliphatic heterocycles. The summed E-state index contributed by atoms with van der Waals surface area (Å²) in [5.41, 5.74) is 0. The monoisotopic (exact) mass is 396 g/mol. The van der Waals surface area contributed by atoms with Gasteiger partial charge in [-0.15, -0.1) is 0 Å². The lowest BCUT2D eigenvalue weighted by atomic mass is 10.0. The third-order valence-corrected chi connectivity index (χ3v) is 5.06. The Morgan fingerprint density at radius 1 is 1.29 bits per heavy atom. The fourth-order valence-corrected chi connectivity index (χ4v) is 3.42. The van der Waals surface area contributed by atoms with Gasteiger partial charge in [-0.3, -0.25) is 4.79 Å². The summed E-state index contributed by atoms with van der Waals surface area (Å²) < 4.78 is 21.0. The molecule has 10 nitrogen and oxygen atoms in total. The lowest BCUT2D eigenvalue weighted by Crippen LogP contribution is -2.41. The highest BCUT2D eigenvalue weighted by molar-refractivity contribution is 5.81. The maximum Gasteiger partial charge on any atom is 0.325 e. The number of likely N-dealkylation sites (tertiary alicyclic amines) is 1. The number of carbonyl (C=O) groups excluding carboxylic acids is 2. The Morgan fingerprint density at radius 2 is 2.11 bits per heavy atom. The fraction of sp³-hybridized carbons (Fsp3) is 0.778. The second-order valence-electron chi connectivity index (χ2n) is 7.02. The van der Waals surface area contributed by atoms with Gasteiger partial charge in [-0.2, -0.15) is 4.98 Å². The Hall–Kier alpha value is -2.20. The Labute approximate surface area is 163 Å². The van der Waals surface area contributed by atoms with Gasteiger partial charge in [-0.05, 0) is 31.6 Å². The fourth-order valence-electron chi connectivity index (χ4n) is 3.42. The van der Waals surface area contributed by atoms with Crippen molar-refractivity contribution in [1.82, 2.24) is 20.4 Å². The van der Waals surface area contributed by atoms with Crippen LogP contribution >= 0.6 is 0 Å². The zero-order chi connectivity index (χ0) is 19.8. The highest BCUT2D eigenvalue weighted by atomic mass is 16.5. The molecule has 2 aliphatic rings. The van der Waals surface area contributed by atoms with Gasteiger partial charge in [-0.25, -0.2) is 4.79 Å². The van der Waals surface area contributed by atoms with Gasteiger partial charge >= 0.3 is 12.0 Å². The second-order valence-corrected chi connectivity index (χ2v) is 7.02. The van der Waals surface area contributed by atoms with Crippen molar-refractivity contribution in [1.29, 1.82) is 0 Å². The predicted molar refractivity (Wildman–Crippen MR) is 96.5 cm³/mol. The minimum atomic E-state index is -0.495. The maximum atomic E-state index is 12.3. The molecule has 3 rings (SSSR count). The number of nitrogens with zero attached hydrogens (tertiary/aromatic N) is 3. The van der Waals surface area contributed by atoms with Crippen molar-refractivity contribution < 1.29 is 28.3 Å². The molecule has 2 fully saturated rings. The zero-order valence-corrected chi connectivity index (χ0v) is 16.2. The molecule has 0 radical (unpaired) electrons. The van der Waals surface area contributed by atoms with Gasteiger partial charge in [0.05, 0.1) is 13.7 Å². The SMILES string of the molecule is COC(=O)CNC(=O)N1CCCC1c1nc(CCOCC2CCOCC2)no1. The van der Waals surface area contributed by atoms with Gasteiger partial charge < -0.3 is 29.0 Å². The minimum absolute atomic E-state index is 0.169. The number of nitrogens with one attached hydrogen (secondary N) is 1. The number of carbonyl (C=O) groups is 2. The van der Waals surface area contributed by atoms with Crippen molar-refractivity contribution in [2.24, 2.45) is 5.92 Å². The third-order valence-electron chi connectivity index (χ3n) is 5.06. The van der Waals surface area contributed by atoms with Crippen LogP contribution in [0, 0.1) is 5.92 Å². The van der Waals surface area contributed by atoms with E-state index in [0.29, 0.717) is 37.2 Å². The topological polar surface area (TPSA) is 116 Å². The summed E-state index contributed by atoms with van der Waals surface area (Å²) in [5.74, 6) is 1.06. The molecular weight excluding hydrogens is 368 g/mol. The van der Waals surface area contributed by atoms with Crippen LogP contribution in [0.15, 0.2) is 4.52 Å². The Balaban J connectivity index is 1.44. The number of methoxy groups -OCH3 is 1. The van der Waals surface area contributed by atoms with E-state index in [-0.39, 0.29) is 18.6 Å². The lowest BCUT2D eigenvalue weighted by Gasteiger charge is -2.21. The second kappa shape index (κ2) is 10.4. The molecule has 0 aliphatic carbocycles. The molecule has 1 aromatic heterocycles. The smallest absolute Gasteiger partial charge is 0.325 e. The Morgan fingerprint density at radius 3 is 2.89 bits per heavy atom. The first kappa shape index (κ1) is 20.5. The summed E-state index contributed by atoms with van der Waals surface area (Å²) in [5, 5.41) is 6.56. The molecule has 1 unspecified atom stereocenters. The summed E-state index contributed by atoms with van der Waals surface area (Å²) in [6, 6.07) is -0.616. The summed E-state index contributed by atoms with van der Waals surface area (Å²) in [7, 11) is 1.28. The van der Waals surface area contributed by atoms with Crippen molar-refractivity contribution in [2.75, 3.05) is 46.6 Å². The van der Waals surface area contributed by atoms with E-state index in [2.05, 4.69) is 20.2 Å². The highest BCUT2D eigenvalue weighted by Gasteiger charge is 2.34. The van der Waals surface area contributed by atoms with Gasteiger partial charge in [0.25, 0.3) is 0 Å². The number of urea groups is 1. The number of esters is 1. The van der Waals surface area contributed by atoms with Crippen LogP contribution < -0.4 is 5.32 Å². The van der Waals surface area contributed by atoms with Crippen LogP contribution in [0.2, 0.25) is 0 Å². The molecule has 0 spiro atoms. The van der Waals surface area contributed by atoms with Crippen LogP contribution in [0.4, 0.5) is 4.79 Å². The molecule has 0 saturated carbocycles. The van der Waals surface area contributed by atoms with Crippen LogP contribution in [-0.4, -0.2) is 73.7 Å². The summed E-state index contributed by atoms with van der Waals surface area (Å²) >= 11 is 0. The molecule has 3 heterocycles. The number of rotatable bonds is 8. The molecule has 2 saturated heterocycles. The molecule has 1 aromatic rings. The average molecular weight is 396 g/mol. The van der Waals surface area contributed by atoms with Crippen LogP contribution in [0.25, 0.3) is 0 Å². The van der Waals surface area contributed by atoms with Crippen LogP contribution in [-0.2, 0) is 25.4 Å². The Kier molecular flexibility index (Phi) is 7.61. The average Bonchev–Trinajstić information content (AvgIpc) is 3.39. The Bertz CT molecular complexity index is 646. The minimum Gasteiger partial charge on any atom is -0.468 e. The molecule has 10 heteroatoms. The zero-order valence-electron chi connectivity index (χ0n) is 16.2. The molecule has 0 bridgehead atoms. The number of hydrogen-bond donors (Lipinski definition) is 1. The normalized spacial score (nSPS) is 20.3. The van der Waals surface area contributed by atoms with Crippen LogP contribution in [0.5, 0.6) is 0 Å². The summed E-state index contributed by atoms with van der Waals surface area (Å²) in [6.45, 7) is 3.29. The van der Waals surface area contributed by atoms with Crippen LogP contribution in [0.1, 0.15) is 43.4 Å². The third kappa shape index (κ3) is 5.65. The van der Waals surface area contributed by atoms with Crippen molar-refractivity contribution in [3.8, 4) is 0 Å². The van der Waals surface area contributed by atoms with E-state index in [1.165, 1.54) is 7.11 Å². The molecule has 0 aromatic carbocycles.